The third-order valence-corrected chi connectivity index (χ3v) is 9.23. The average molecular weight is 723 g/mol. The van der Waals surface area contributed by atoms with Gasteiger partial charge in [-0.25, -0.2) is 9.97 Å². The predicted molar refractivity (Wildman–Crippen MR) is 168 cm³/mol. The fraction of sp³-hybridized carbons (Fsp3) is 0.379. The lowest BCUT2D eigenvalue weighted by molar-refractivity contribution is -0.179. The summed E-state index contributed by atoms with van der Waals surface area (Å²) in [7, 11) is 1.65. The molecule has 4 aromatic rings. The molecule has 1 aliphatic rings. The molecule has 3 heterocycles. The second kappa shape index (κ2) is 13.8. The Morgan fingerprint density at radius 3 is 2.40 bits per heavy atom. The van der Waals surface area contributed by atoms with Gasteiger partial charge in [0.15, 0.2) is 5.01 Å². The summed E-state index contributed by atoms with van der Waals surface area (Å²) in [6.45, 7) is -0.646. The Balaban J connectivity index is 1.44. The molecule has 0 spiro atoms. The van der Waals surface area contributed by atoms with E-state index < -0.39 is 37.1 Å². The van der Waals surface area contributed by atoms with Crippen LogP contribution in [0.3, 0.4) is 0 Å². The van der Waals surface area contributed by atoms with Crippen molar-refractivity contribution in [1.29, 1.82) is 0 Å². The Labute approximate surface area is 278 Å². The zero-order valence-electron chi connectivity index (χ0n) is 24.5. The molecular formula is C29H27Cl2F6N7O2S. The highest BCUT2D eigenvalue weighted by Crippen LogP contribution is 2.39. The third-order valence-electron chi connectivity index (χ3n) is 7.71. The van der Waals surface area contributed by atoms with Crippen LogP contribution in [0, 0.1) is 5.92 Å². The zero-order chi connectivity index (χ0) is 34.1. The van der Waals surface area contributed by atoms with Crippen molar-refractivity contribution in [3.63, 3.8) is 0 Å². The smallest absolute Gasteiger partial charge is 0.371 e. The van der Waals surface area contributed by atoms with E-state index in [1.165, 1.54) is 23.6 Å². The highest BCUT2D eigenvalue weighted by Gasteiger charge is 2.41. The fourth-order valence-electron chi connectivity index (χ4n) is 5.19. The van der Waals surface area contributed by atoms with Crippen LogP contribution in [0.25, 0.3) is 11.0 Å². The van der Waals surface area contributed by atoms with E-state index in [0.717, 1.165) is 0 Å². The van der Waals surface area contributed by atoms with Crippen LogP contribution in [-0.4, -0.2) is 58.3 Å². The molecule has 18 heteroatoms. The predicted octanol–water partition coefficient (Wildman–Crippen LogP) is 7.47. The van der Waals surface area contributed by atoms with E-state index in [2.05, 4.69) is 25.9 Å². The Kier molecular flexibility index (Phi) is 10.1. The highest BCUT2D eigenvalue weighted by atomic mass is 35.5. The maximum atomic E-state index is 13.3. The number of rotatable bonds is 9. The molecule has 1 fully saturated rings. The van der Waals surface area contributed by atoms with Crippen LogP contribution >= 0.6 is 34.5 Å². The second-order valence-corrected chi connectivity index (χ2v) is 12.5. The van der Waals surface area contributed by atoms with Gasteiger partial charge in [0.1, 0.15) is 0 Å². The monoisotopic (exact) mass is 721 g/mol. The summed E-state index contributed by atoms with van der Waals surface area (Å²) in [4.78, 5) is 35.7. The Hall–Kier alpha value is -3.76. The number of imidazole rings is 1. The van der Waals surface area contributed by atoms with E-state index in [1.54, 1.807) is 40.1 Å². The van der Waals surface area contributed by atoms with Gasteiger partial charge >= 0.3 is 12.4 Å². The van der Waals surface area contributed by atoms with Gasteiger partial charge < -0.3 is 25.4 Å². The van der Waals surface area contributed by atoms with Gasteiger partial charge in [0.05, 0.1) is 50.4 Å². The first-order valence-corrected chi connectivity index (χ1v) is 15.8. The van der Waals surface area contributed by atoms with Crippen LogP contribution in [-0.2, 0) is 13.6 Å². The number of benzene rings is 2. The van der Waals surface area contributed by atoms with Gasteiger partial charge in [-0.1, -0.05) is 29.3 Å². The van der Waals surface area contributed by atoms with E-state index in [1.807, 2.05) is 0 Å². The van der Waals surface area contributed by atoms with Crippen molar-refractivity contribution in [2.24, 2.45) is 13.0 Å². The molecule has 47 heavy (non-hydrogen) atoms. The molecule has 0 atom stereocenters. The number of hydrogen-bond acceptors (Lipinski definition) is 7. The quantitative estimate of drug-likeness (QED) is 0.155. The number of halogens is 8. The lowest BCUT2D eigenvalue weighted by Gasteiger charge is -2.35. The second-order valence-electron chi connectivity index (χ2n) is 10.8. The van der Waals surface area contributed by atoms with Crippen molar-refractivity contribution in [2.75, 3.05) is 29.9 Å². The number of amides is 2. The average Bonchev–Trinajstić information content (AvgIpc) is 3.65. The van der Waals surface area contributed by atoms with Gasteiger partial charge in [-0.05, 0) is 36.6 Å². The molecule has 0 saturated carbocycles. The van der Waals surface area contributed by atoms with Crippen LogP contribution in [0.4, 0.5) is 43.7 Å². The molecule has 2 aromatic carbocycles. The number of carbonyl (C=O) groups excluding carboxylic acids is 2. The van der Waals surface area contributed by atoms with Crippen molar-refractivity contribution >= 4 is 74.7 Å². The molecule has 0 aliphatic carbocycles. The summed E-state index contributed by atoms with van der Waals surface area (Å²) in [5.74, 6) is -2.47. The number of anilines is 3. The fourth-order valence-corrected chi connectivity index (χ4v) is 6.27. The number of nitrogens with one attached hydrogen (secondary N) is 3. The van der Waals surface area contributed by atoms with E-state index in [-0.39, 0.29) is 81.8 Å². The number of thiazole rings is 1. The largest absolute Gasteiger partial charge is 0.391 e. The maximum Gasteiger partial charge on any atom is 0.391 e. The number of alkyl halides is 6. The Morgan fingerprint density at radius 2 is 1.77 bits per heavy atom. The first kappa shape index (κ1) is 34.6. The summed E-state index contributed by atoms with van der Waals surface area (Å²) in [6.07, 6.45) is -8.99. The molecule has 2 amide bonds. The topological polar surface area (TPSA) is 104 Å². The van der Waals surface area contributed by atoms with E-state index in [0.29, 0.717) is 11.1 Å². The van der Waals surface area contributed by atoms with Crippen LogP contribution in [0.15, 0.2) is 35.8 Å². The lowest BCUT2D eigenvalue weighted by atomic mass is 9.95. The SMILES string of the molecule is Cn1c(Nc2c(Cl)ccc(CNC(=O)c3nccs3)c2Cl)nc2cc(C(=O)NCCC(F)(F)F)c(N3CCC(C(F)(F)F)CC3)cc21. The third kappa shape index (κ3) is 8.04. The summed E-state index contributed by atoms with van der Waals surface area (Å²) in [6, 6.07) is 6.19. The molecule has 1 aliphatic heterocycles. The molecule has 2 aromatic heterocycles. The van der Waals surface area contributed by atoms with Crippen LogP contribution in [0.5, 0.6) is 0 Å². The molecule has 3 N–H and O–H groups in total. The molecule has 0 unspecified atom stereocenters. The molecule has 9 nitrogen and oxygen atoms in total. The molecule has 5 rings (SSSR count). The number of hydrogen-bond donors (Lipinski definition) is 3. The number of aryl methyl sites for hydroxylation is 1. The molecular weight excluding hydrogens is 695 g/mol. The normalized spacial score (nSPS) is 14.4. The number of nitrogens with zero attached hydrogens (tertiary/aromatic N) is 4. The Bertz CT molecular complexity index is 1770. The zero-order valence-corrected chi connectivity index (χ0v) is 26.9. The highest BCUT2D eigenvalue weighted by molar-refractivity contribution is 7.11. The van der Waals surface area contributed by atoms with Crippen LogP contribution in [0.2, 0.25) is 10.0 Å². The van der Waals surface area contributed by atoms with Gasteiger partial charge in [-0.3, -0.25) is 9.59 Å². The van der Waals surface area contributed by atoms with E-state index in [9.17, 15) is 35.9 Å². The minimum absolute atomic E-state index is 0.0153. The number of piperidine rings is 1. The maximum absolute atomic E-state index is 13.3. The lowest BCUT2D eigenvalue weighted by Crippen LogP contribution is -2.40. The van der Waals surface area contributed by atoms with Crippen molar-refractivity contribution < 1.29 is 35.9 Å². The van der Waals surface area contributed by atoms with Gasteiger partial charge in [0.2, 0.25) is 5.95 Å². The van der Waals surface area contributed by atoms with Gasteiger partial charge in [-0.2, -0.15) is 26.3 Å². The minimum atomic E-state index is -4.49. The van der Waals surface area contributed by atoms with Crippen molar-refractivity contribution in [2.45, 2.75) is 38.2 Å². The molecule has 0 radical (unpaired) electrons. The molecule has 0 bridgehead atoms. The summed E-state index contributed by atoms with van der Waals surface area (Å²) < 4.78 is 79.9. The number of aromatic nitrogens is 3. The molecule has 1 saturated heterocycles. The number of fused-ring (bicyclic) bond motifs is 1. The first-order valence-electron chi connectivity index (χ1n) is 14.2. The van der Waals surface area contributed by atoms with Gasteiger partial charge in [0.25, 0.3) is 11.8 Å². The number of carbonyl (C=O) groups is 2. The summed E-state index contributed by atoms with van der Waals surface area (Å²) in [5, 5.41) is 10.5. The Morgan fingerprint density at radius 1 is 1.04 bits per heavy atom. The van der Waals surface area contributed by atoms with Crippen molar-refractivity contribution in [3.8, 4) is 0 Å². The van der Waals surface area contributed by atoms with E-state index in [4.69, 9.17) is 23.2 Å². The van der Waals surface area contributed by atoms with Crippen molar-refractivity contribution in [3.05, 3.63) is 62.0 Å². The van der Waals surface area contributed by atoms with Crippen LogP contribution < -0.4 is 20.9 Å². The molecule has 252 valence electrons. The first-order chi connectivity index (χ1) is 22.1. The summed E-state index contributed by atoms with van der Waals surface area (Å²) >= 11 is 14.3. The minimum Gasteiger partial charge on any atom is -0.371 e. The van der Waals surface area contributed by atoms with Crippen LogP contribution in [0.1, 0.15) is 45.0 Å². The standard InChI is InChI=1S/C29H27Cl2F6N7O2S/c1-43-21-13-20(44-9-4-16(5-10-44)29(35,36)37)17(24(45)38-7-6-28(32,33)34)12-19(21)41-27(43)42-23-18(30)3-2-15(22(23)31)14-40-25(46)26-39-8-11-47-26/h2-3,8,11-13,16H,4-7,9-10,14H2,1H3,(H,38,45)(H,40,46)(H,41,42). The van der Waals surface area contributed by atoms with Gasteiger partial charge in [-0.15, -0.1) is 11.3 Å². The summed E-state index contributed by atoms with van der Waals surface area (Å²) in [5.41, 5.74) is 1.81. The van der Waals surface area contributed by atoms with Crippen molar-refractivity contribution in [1.82, 2.24) is 25.2 Å². The van der Waals surface area contributed by atoms with E-state index >= 15 is 0 Å². The van der Waals surface area contributed by atoms with Gasteiger partial charge in [0, 0.05) is 44.8 Å².